The van der Waals surface area contributed by atoms with Gasteiger partial charge in [0.15, 0.2) is 0 Å². The first-order valence-corrected chi connectivity index (χ1v) is 11.3. The number of benzene rings is 2. The van der Waals surface area contributed by atoms with Crippen molar-refractivity contribution in [2.24, 2.45) is 7.05 Å². The van der Waals surface area contributed by atoms with Crippen LogP contribution in [0.5, 0.6) is 0 Å². The second kappa shape index (κ2) is 7.60. The molecule has 1 aromatic heterocycles. The minimum Gasteiger partial charge on any atom is -0.308 e. The predicted octanol–water partition coefficient (Wildman–Crippen LogP) is 3.43. The zero-order valence-electron chi connectivity index (χ0n) is 17.2. The van der Waals surface area contributed by atoms with Crippen LogP contribution in [0.25, 0.3) is 0 Å². The van der Waals surface area contributed by atoms with E-state index in [0.29, 0.717) is 29.2 Å². The molecule has 30 heavy (non-hydrogen) atoms. The van der Waals surface area contributed by atoms with Crippen molar-refractivity contribution >= 4 is 27.3 Å². The van der Waals surface area contributed by atoms with Gasteiger partial charge in [-0.05, 0) is 62.6 Å². The van der Waals surface area contributed by atoms with Crippen LogP contribution in [0, 0.1) is 13.8 Å². The average molecular weight is 425 g/mol. The molecule has 8 heteroatoms. The average Bonchev–Trinajstić information content (AvgIpc) is 2.99. The number of nitrogens with one attached hydrogen (secondary N) is 1. The fraction of sp³-hybridized carbons (Fsp3) is 0.273. The van der Waals surface area contributed by atoms with Crippen molar-refractivity contribution in [2.45, 2.75) is 31.6 Å². The molecule has 0 radical (unpaired) electrons. The van der Waals surface area contributed by atoms with Crippen LogP contribution in [0.2, 0.25) is 0 Å². The first kappa shape index (κ1) is 20.2. The number of fused-ring (bicyclic) bond motifs is 1. The summed E-state index contributed by atoms with van der Waals surface area (Å²) < 4.78 is 30.1. The van der Waals surface area contributed by atoms with Crippen LogP contribution < -0.4 is 9.62 Å². The minimum absolute atomic E-state index is 0.0495. The van der Waals surface area contributed by atoms with Crippen molar-refractivity contribution in [2.75, 3.05) is 16.2 Å². The van der Waals surface area contributed by atoms with E-state index in [1.165, 1.54) is 0 Å². The molecular formula is C22H24N4O3S. The predicted molar refractivity (Wildman–Crippen MR) is 116 cm³/mol. The van der Waals surface area contributed by atoms with Gasteiger partial charge in [-0.1, -0.05) is 18.2 Å². The van der Waals surface area contributed by atoms with E-state index in [0.717, 1.165) is 24.1 Å². The molecule has 0 unspecified atom stereocenters. The highest BCUT2D eigenvalue weighted by atomic mass is 32.2. The Kier molecular flexibility index (Phi) is 5.11. The second-order valence-corrected chi connectivity index (χ2v) is 9.12. The van der Waals surface area contributed by atoms with Crippen LogP contribution in [0.15, 0.2) is 53.4 Å². The number of carbonyl (C=O) groups excluding carboxylic acids is 1. The van der Waals surface area contributed by atoms with Gasteiger partial charge >= 0.3 is 0 Å². The molecule has 0 fully saturated rings. The lowest BCUT2D eigenvalue weighted by molar-refractivity contribution is 0.0985. The smallest absolute Gasteiger partial charge is 0.265 e. The van der Waals surface area contributed by atoms with E-state index in [9.17, 15) is 13.2 Å². The topological polar surface area (TPSA) is 84.3 Å². The van der Waals surface area contributed by atoms with Gasteiger partial charge in [-0.2, -0.15) is 5.10 Å². The molecule has 0 saturated heterocycles. The Balaban J connectivity index is 1.64. The molecule has 1 aliphatic heterocycles. The van der Waals surface area contributed by atoms with E-state index < -0.39 is 10.0 Å². The number of hydrogen-bond acceptors (Lipinski definition) is 4. The van der Waals surface area contributed by atoms with Gasteiger partial charge < -0.3 is 4.90 Å². The molecule has 1 N–H and O–H groups in total. The third-order valence-corrected chi connectivity index (χ3v) is 7.06. The SMILES string of the molecule is Cc1nn(C)c(C)c1S(=O)(=O)Nc1ccc2c(c1)CCCN2C(=O)c1ccccc1. The molecule has 156 valence electrons. The Morgan fingerprint density at radius 1 is 1.10 bits per heavy atom. The number of carbonyl (C=O) groups is 1. The van der Waals surface area contributed by atoms with Gasteiger partial charge in [0.2, 0.25) is 0 Å². The summed E-state index contributed by atoms with van der Waals surface area (Å²) in [6.45, 7) is 4.05. The maximum Gasteiger partial charge on any atom is 0.265 e. The summed E-state index contributed by atoms with van der Waals surface area (Å²) in [6.07, 6.45) is 1.61. The lowest BCUT2D eigenvalue weighted by atomic mass is 10.00. The van der Waals surface area contributed by atoms with Crippen molar-refractivity contribution in [3.63, 3.8) is 0 Å². The van der Waals surface area contributed by atoms with Gasteiger partial charge in [-0.3, -0.25) is 14.2 Å². The van der Waals surface area contributed by atoms with Gasteiger partial charge in [0.25, 0.3) is 15.9 Å². The third-order valence-electron chi connectivity index (χ3n) is 5.43. The van der Waals surface area contributed by atoms with Gasteiger partial charge in [-0.15, -0.1) is 0 Å². The van der Waals surface area contributed by atoms with Crippen LogP contribution in [-0.4, -0.2) is 30.7 Å². The Morgan fingerprint density at radius 3 is 2.50 bits per heavy atom. The molecule has 1 aliphatic rings. The Labute approximate surface area is 176 Å². The molecule has 2 aromatic carbocycles. The van der Waals surface area contributed by atoms with Crippen LogP contribution in [0.3, 0.4) is 0 Å². The number of hydrogen-bond donors (Lipinski definition) is 1. The third kappa shape index (κ3) is 3.59. The molecule has 0 spiro atoms. The highest BCUT2D eigenvalue weighted by Gasteiger charge is 2.26. The summed E-state index contributed by atoms with van der Waals surface area (Å²) in [5.74, 6) is -0.0495. The van der Waals surface area contributed by atoms with Crippen molar-refractivity contribution in [1.29, 1.82) is 0 Å². The van der Waals surface area contributed by atoms with E-state index in [1.54, 1.807) is 48.7 Å². The van der Waals surface area contributed by atoms with Gasteiger partial charge in [-0.25, -0.2) is 8.42 Å². The fourth-order valence-corrected chi connectivity index (χ4v) is 5.45. The van der Waals surface area contributed by atoms with Gasteiger partial charge in [0, 0.05) is 30.5 Å². The largest absolute Gasteiger partial charge is 0.308 e. The highest BCUT2D eigenvalue weighted by Crippen LogP contribution is 2.32. The Bertz CT molecular complexity index is 1220. The molecule has 0 bridgehead atoms. The molecule has 1 amide bonds. The number of aromatic nitrogens is 2. The number of nitrogens with zero attached hydrogens (tertiary/aromatic N) is 3. The van der Waals surface area contributed by atoms with Crippen molar-refractivity contribution in [3.05, 3.63) is 71.0 Å². The molecule has 0 aliphatic carbocycles. The first-order chi connectivity index (χ1) is 14.3. The van der Waals surface area contributed by atoms with Crippen LogP contribution in [0.4, 0.5) is 11.4 Å². The Hall–Kier alpha value is -3.13. The normalized spacial score (nSPS) is 13.8. The van der Waals surface area contributed by atoms with E-state index in [1.807, 2.05) is 30.3 Å². The zero-order chi connectivity index (χ0) is 21.5. The number of amides is 1. The number of aryl methyl sites for hydroxylation is 3. The van der Waals surface area contributed by atoms with E-state index in [-0.39, 0.29) is 10.8 Å². The van der Waals surface area contributed by atoms with E-state index in [2.05, 4.69) is 9.82 Å². The lowest BCUT2D eigenvalue weighted by Crippen LogP contribution is -2.35. The fourth-order valence-electron chi connectivity index (χ4n) is 3.96. The molecule has 4 rings (SSSR count). The van der Waals surface area contributed by atoms with E-state index >= 15 is 0 Å². The van der Waals surface area contributed by atoms with Gasteiger partial charge in [0.1, 0.15) is 4.90 Å². The zero-order valence-corrected chi connectivity index (χ0v) is 18.0. The van der Waals surface area contributed by atoms with E-state index in [4.69, 9.17) is 0 Å². The molecule has 7 nitrogen and oxygen atoms in total. The van der Waals surface area contributed by atoms with Crippen LogP contribution in [0.1, 0.15) is 33.7 Å². The summed E-state index contributed by atoms with van der Waals surface area (Å²) in [6, 6.07) is 14.5. The van der Waals surface area contributed by atoms with Crippen molar-refractivity contribution < 1.29 is 13.2 Å². The quantitative estimate of drug-likeness (QED) is 0.695. The molecule has 2 heterocycles. The number of sulfonamides is 1. The molecule has 0 atom stereocenters. The summed E-state index contributed by atoms with van der Waals surface area (Å²) in [5, 5.41) is 4.20. The maximum absolute atomic E-state index is 13.0. The maximum atomic E-state index is 13.0. The first-order valence-electron chi connectivity index (χ1n) is 9.81. The van der Waals surface area contributed by atoms with Gasteiger partial charge in [0.05, 0.1) is 11.4 Å². The van der Waals surface area contributed by atoms with Crippen molar-refractivity contribution in [1.82, 2.24) is 9.78 Å². The summed E-state index contributed by atoms with van der Waals surface area (Å²) in [4.78, 5) is 14.9. The summed E-state index contributed by atoms with van der Waals surface area (Å²) in [7, 11) is -2.05. The highest BCUT2D eigenvalue weighted by molar-refractivity contribution is 7.92. The minimum atomic E-state index is -3.77. The van der Waals surface area contributed by atoms with Crippen LogP contribution >= 0.6 is 0 Å². The van der Waals surface area contributed by atoms with Crippen molar-refractivity contribution in [3.8, 4) is 0 Å². The lowest BCUT2D eigenvalue weighted by Gasteiger charge is -2.30. The molecule has 3 aromatic rings. The summed E-state index contributed by atoms with van der Waals surface area (Å²) >= 11 is 0. The second-order valence-electron chi connectivity index (χ2n) is 7.50. The molecular weight excluding hydrogens is 400 g/mol. The molecule has 0 saturated carbocycles. The number of rotatable bonds is 4. The summed E-state index contributed by atoms with van der Waals surface area (Å²) in [5.41, 5.74) is 3.93. The standard InChI is InChI=1S/C22H24N4O3S/c1-15-21(16(2)25(3)23-15)30(28,29)24-19-11-12-20-18(14-19)10-7-13-26(20)22(27)17-8-5-4-6-9-17/h4-6,8-9,11-12,14,24H,7,10,13H2,1-3H3. The monoisotopic (exact) mass is 424 g/mol. The Morgan fingerprint density at radius 2 is 1.83 bits per heavy atom. The van der Waals surface area contributed by atoms with Crippen LogP contribution in [-0.2, 0) is 23.5 Å². The number of anilines is 2.